The van der Waals surface area contributed by atoms with E-state index in [0.29, 0.717) is 11.3 Å². The standard InChI is InChI=1S/C12H12ClNO3/c1-7(6-14)8-4-5-9(16-2)11(13)10(8)12(15)17-3/h4-5,7H,1-3H3/t7-/m0/s1. The van der Waals surface area contributed by atoms with E-state index < -0.39 is 11.9 Å². The molecule has 0 radical (unpaired) electrons. The van der Waals surface area contributed by atoms with Gasteiger partial charge in [-0.05, 0) is 18.6 Å². The maximum absolute atomic E-state index is 11.7. The van der Waals surface area contributed by atoms with Crippen LogP contribution in [0.1, 0.15) is 28.8 Å². The highest BCUT2D eigenvalue weighted by Crippen LogP contribution is 2.34. The van der Waals surface area contributed by atoms with Crippen LogP contribution in [-0.2, 0) is 4.74 Å². The smallest absolute Gasteiger partial charge is 0.339 e. The van der Waals surface area contributed by atoms with Crippen molar-refractivity contribution in [3.8, 4) is 11.8 Å². The molecule has 0 N–H and O–H groups in total. The molecule has 1 rings (SSSR count). The Hall–Kier alpha value is -1.73. The number of benzene rings is 1. The molecule has 0 aromatic heterocycles. The number of carbonyl (C=O) groups is 1. The molecule has 0 aliphatic rings. The summed E-state index contributed by atoms with van der Waals surface area (Å²) in [6, 6.07) is 5.32. The molecule has 4 nitrogen and oxygen atoms in total. The highest BCUT2D eigenvalue weighted by Gasteiger charge is 2.22. The van der Waals surface area contributed by atoms with Crippen LogP contribution in [0.5, 0.6) is 5.75 Å². The minimum atomic E-state index is -0.578. The number of methoxy groups -OCH3 is 2. The Kier molecular flexibility index (Phi) is 4.36. The van der Waals surface area contributed by atoms with Crippen molar-refractivity contribution in [1.82, 2.24) is 0 Å². The third kappa shape index (κ3) is 2.51. The Morgan fingerprint density at radius 3 is 2.59 bits per heavy atom. The molecule has 0 aliphatic heterocycles. The first-order chi connectivity index (χ1) is 8.06. The highest BCUT2D eigenvalue weighted by atomic mass is 35.5. The van der Waals surface area contributed by atoms with Gasteiger partial charge in [0, 0.05) is 0 Å². The minimum absolute atomic E-state index is 0.166. The predicted molar refractivity (Wildman–Crippen MR) is 63.4 cm³/mol. The van der Waals surface area contributed by atoms with Gasteiger partial charge in [0.2, 0.25) is 0 Å². The fourth-order valence-corrected chi connectivity index (χ4v) is 1.80. The minimum Gasteiger partial charge on any atom is -0.495 e. The van der Waals surface area contributed by atoms with E-state index in [1.165, 1.54) is 14.2 Å². The van der Waals surface area contributed by atoms with E-state index in [1.54, 1.807) is 19.1 Å². The first-order valence-corrected chi connectivity index (χ1v) is 5.28. The van der Waals surface area contributed by atoms with Crippen LogP contribution in [0.15, 0.2) is 12.1 Å². The summed E-state index contributed by atoms with van der Waals surface area (Å²) in [5.74, 6) is -0.653. The van der Waals surface area contributed by atoms with Crippen LogP contribution in [0.4, 0.5) is 0 Å². The fourth-order valence-electron chi connectivity index (χ4n) is 1.47. The van der Waals surface area contributed by atoms with Gasteiger partial charge >= 0.3 is 5.97 Å². The van der Waals surface area contributed by atoms with E-state index in [1.807, 2.05) is 0 Å². The third-order valence-electron chi connectivity index (χ3n) is 2.41. The number of hydrogen-bond acceptors (Lipinski definition) is 4. The largest absolute Gasteiger partial charge is 0.495 e. The van der Waals surface area contributed by atoms with Gasteiger partial charge in [0.15, 0.2) is 0 Å². The number of hydrogen-bond donors (Lipinski definition) is 0. The van der Waals surface area contributed by atoms with Gasteiger partial charge in [-0.2, -0.15) is 5.26 Å². The molecule has 0 aliphatic carbocycles. The molecule has 5 heteroatoms. The van der Waals surface area contributed by atoms with Gasteiger partial charge in [-0.3, -0.25) is 0 Å². The summed E-state index contributed by atoms with van der Waals surface area (Å²) in [4.78, 5) is 11.7. The number of rotatable bonds is 3. The number of carbonyl (C=O) groups excluding carboxylic acids is 1. The Morgan fingerprint density at radius 2 is 2.12 bits per heavy atom. The lowest BCUT2D eigenvalue weighted by atomic mass is 9.96. The lowest BCUT2D eigenvalue weighted by molar-refractivity contribution is 0.0599. The number of ether oxygens (including phenoxy) is 2. The summed E-state index contributed by atoms with van der Waals surface area (Å²) in [6.07, 6.45) is 0. The van der Waals surface area contributed by atoms with Gasteiger partial charge in [0.25, 0.3) is 0 Å². The topological polar surface area (TPSA) is 59.3 Å². The Balaban J connectivity index is 3.47. The molecular weight excluding hydrogens is 242 g/mol. The lowest BCUT2D eigenvalue weighted by Gasteiger charge is -2.13. The molecule has 0 heterocycles. The Bertz CT molecular complexity index is 479. The molecule has 0 amide bonds. The quantitative estimate of drug-likeness (QED) is 0.777. The van der Waals surface area contributed by atoms with Crippen LogP contribution >= 0.6 is 11.6 Å². The van der Waals surface area contributed by atoms with Crippen LogP contribution in [-0.4, -0.2) is 20.2 Å². The van der Waals surface area contributed by atoms with E-state index in [2.05, 4.69) is 10.8 Å². The molecule has 1 aromatic rings. The van der Waals surface area contributed by atoms with Crippen molar-refractivity contribution >= 4 is 17.6 Å². The van der Waals surface area contributed by atoms with Crippen LogP contribution < -0.4 is 4.74 Å². The number of nitrogens with zero attached hydrogens (tertiary/aromatic N) is 1. The van der Waals surface area contributed by atoms with E-state index in [-0.39, 0.29) is 10.6 Å². The summed E-state index contributed by atoms with van der Waals surface area (Å²) < 4.78 is 9.69. The molecule has 0 fully saturated rings. The maximum atomic E-state index is 11.7. The molecular formula is C12H12ClNO3. The fraction of sp³-hybridized carbons (Fsp3) is 0.333. The normalized spacial score (nSPS) is 11.5. The van der Waals surface area contributed by atoms with Crippen molar-refractivity contribution < 1.29 is 14.3 Å². The summed E-state index contributed by atoms with van der Waals surface area (Å²) >= 11 is 6.05. The Morgan fingerprint density at radius 1 is 1.47 bits per heavy atom. The van der Waals surface area contributed by atoms with E-state index in [9.17, 15) is 4.79 Å². The molecule has 0 spiro atoms. The second-order valence-electron chi connectivity index (χ2n) is 3.39. The molecule has 17 heavy (non-hydrogen) atoms. The first-order valence-electron chi connectivity index (χ1n) is 4.91. The number of esters is 1. The van der Waals surface area contributed by atoms with Crippen LogP contribution in [0.3, 0.4) is 0 Å². The van der Waals surface area contributed by atoms with Crippen molar-refractivity contribution in [2.45, 2.75) is 12.8 Å². The van der Waals surface area contributed by atoms with Crippen molar-refractivity contribution in [3.05, 3.63) is 28.3 Å². The molecule has 0 bridgehead atoms. The van der Waals surface area contributed by atoms with Gasteiger partial charge in [0.05, 0.1) is 36.8 Å². The van der Waals surface area contributed by atoms with Crippen molar-refractivity contribution in [2.75, 3.05) is 14.2 Å². The summed E-state index contributed by atoms with van der Waals surface area (Å²) in [6.45, 7) is 1.69. The Labute approximate surface area is 105 Å². The maximum Gasteiger partial charge on any atom is 0.339 e. The number of halogens is 1. The molecule has 1 atom stereocenters. The van der Waals surface area contributed by atoms with Crippen molar-refractivity contribution in [3.63, 3.8) is 0 Å². The second-order valence-corrected chi connectivity index (χ2v) is 3.77. The number of nitriles is 1. The van der Waals surface area contributed by atoms with Gasteiger partial charge in [0.1, 0.15) is 5.75 Å². The van der Waals surface area contributed by atoms with Gasteiger partial charge < -0.3 is 9.47 Å². The molecule has 0 unspecified atom stereocenters. The van der Waals surface area contributed by atoms with Crippen LogP contribution in [0.2, 0.25) is 5.02 Å². The zero-order valence-corrected chi connectivity index (χ0v) is 10.5. The van der Waals surface area contributed by atoms with E-state index >= 15 is 0 Å². The molecule has 0 saturated heterocycles. The van der Waals surface area contributed by atoms with E-state index in [0.717, 1.165) is 0 Å². The SMILES string of the molecule is COC(=O)c1c([C@@H](C)C#N)ccc(OC)c1Cl. The van der Waals surface area contributed by atoms with Crippen LogP contribution in [0.25, 0.3) is 0 Å². The highest BCUT2D eigenvalue weighted by molar-refractivity contribution is 6.35. The molecule has 1 aromatic carbocycles. The lowest BCUT2D eigenvalue weighted by Crippen LogP contribution is -2.09. The third-order valence-corrected chi connectivity index (χ3v) is 2.78. The average molecular weight is 254 g/mol. The molecule has 0 saturated carbocycles. The first kappa shape index (κ1) is 13.3. The van der Waals surface area contributed by atoms with Crippen molar-refractivity contribution in [2.24, 2.45) is 0 Å². The second kappa shape index (κ2) is 5.55. The van der Waals surface area contributed by atoms with Crippen molar-refractivity contribution in [1.29, 1.82) is 5.26 Å². The monoisotopic (exact) mass is 253 g/mol. The zero-order chi connectivity index (χ0) is 13.0. The van der Waals surface area contributed by atoms with E-state index in [4.69, 9.17) is 21.6 Å². The summed E-state index contributed by atoms with van der Waals surface area (Å²) in [5, 5.41) is 9.07. The van der Waals surface area contributed by atoms with Crippen LogP contribution in [0, 0.1) is 11.3 Å². The average Bonchev–Trinajstić information content (AvgIpc) is 2.36. The predicted octanol–water partition coefficient (Wildman–Crippen LogP) is 2.76. The zero-order valence-electron chi connectivity index (χ0n) is 9.78. The summed E-state index contributed by atoms with van der Waals surface area (Å²) in [7, 11) is 2.72. The van der Waals surface area contributed by atoms with Gasteiger partial charge in [-0.1, -0.05) is 17.7 Å². The van der Waals surface area contributed by atoms with Gasteiger partial charge in [-0.15, -0.1) is 0 Å². The van der Waals surface area contributed by atoms with Gasteiger partial charge in [-0.25, -0.2) is 4.79 Å². The molecule has 90 valence electrons. The summed E-state index contributed by atoms with van der Waals surface area (Å²) in [5.41, 5.74) is 0.715.